The SMILES string of the molecule is CNC(=O)c1cccc(S(=O)(=O)N(C)c2ccc(F)cc2)c1. The second-order valence-electron chi connectivity index (χ2n) is 4.56. The number of sulfonamides is 1. The molecule has 1 N–H and O–H groups in total. The Hall–Kier alpha value is -2.41. The lowest BCUT2D eigenvalue weighted by Gasteiger charge is -2.19. The van der Waals surface area contributed by atoms with Gasteiger partial charge in [0.1, 0.15) is 5.82 Å². The van der Waals surface area contributed by atoms with Gasteiger partial charge in [0.2, 0.25) is 0 Å². The van der Waals surface area contributed by atoms with Crippen LogP contribution in [0.2, 0.25) is 0 Å². The third kappa shape index (κ3) is 3.09. The number of amides is 1. The zero-order valence-electron chi connectivity index (χ0n) is 12.1. The third-order valence-corrected chi connectivity index (χ3v) is 4.95. The molecule has 0 aliphatic carbocycles. The Morgan fingerprint density at radius 2 is 1.77 bits per heavy atom. The van der Waals surface area contributed by atoms with E-state index in [9.17, 15) is 17.6 Å². The fourth-order valence-corrected chi connectivity index (χ4v) is 3.13. The second kappa shape index (κ2) is 6.15. The number of rotatable bonds is 4. The predicted octanol–water partition coefficient (Wildman–Crippen LogP) is 2.01. The predicted molar refractivity (Wildman–Crippen MR) is 81.8 cm³/mol. The van der Waals surface area contributed by atoms with Crippen molar-refractivity contribution in [3.8, 4) is 0 Å². The summed E-state index contributed by atoms with van der Waals surface area (Å²) in [5.74, 6) is -0.822. The van der Waals surface area contributed by atoms with Crippen LogP contribution in [0.25, 0.3) is 0 Å². The molecule has 0 saturated carbocycles. The molecule has 1 amide bonds. The quantitative estimate of drug-likeness (QED) is 0.936. The highest BCUT2D eigenvalue weighted by Gasteiger charge is 2.22. The Kier molecular flexibility index (Phi) is 4.46. The van der Waals surface area contributed by atoms with Gasteiger partial charge < -0.3 is 5.32 Å². The number of carbonyl (C=O) groups is 1. The molecule has 0 saturated heterocycles. The summed E-state index contributed by atoms with van der Waals surface area (Å²) in [4.78, 5) is 11.6. The van der Waals surface area contributed by atoms with Crippen LogP contribution < -0.4 is 9.62 Å². The summed E-state index contributed by atoms with van der Waals surface area (Å²) in [6.45, 7) is 0. The Labute approximate surface area is 128 Å². The minimum atomic E-state index is -3.84. The molecule has 0 spiro atoms. The van der Waals surface area contributed by atoms with E-state index in [0.29, 0.717) is 5.69 Å². The molecule has 7 heteroatoms. The first-order valence-electron chi connectivity index (χ1n) is 6.43. The van der Waals surface area contributed by atoms with E-state index in [1.807, 2.05) is 0 Å². The number of hydrogen-bond acceptors (Lipinski definition) is 3. The van der Waals surface area contributed by atoms with Crippen LogP contribution in [0.3, 0.4) is 0 Å². The standard InChI is InChI=1S/C15H15FN2O3S/c1-17-15(19)11-4-3-5-14(10-11)22(20,21)18(2)13-8-6-12(16)7-9-13/h3-10H,1-2H3,(H,17,19). The fourth-order valence-electron chi connectivity index (χ4n) is 1.89. The van der Waals surface area contributed by atoms with Gasteiger partial charge in [-0.2, -0.15) is 0 Å². The summed E-state index contributed by atoms with van der Waals surface area (Å²) >= 11 is 0. The molecule has 5 nitrogen and oxygen atoms in total. The van der Waals surface area contributed by atoms with Gasteiger partial charge in [-0.1, -0.05) is 6.07 Å². The zero-order chi connectivity index (χ0) is 16.3. The molecule has 0 aliphatic heterocycles. The van der Waals surface area contributed by atoms with E-state index in [4.69, 9.17) is 0 Å². The third-order valence-electron chi connectivity index (χ3n) is 3.17. The van der Waals surface area contributed by atoms with E-state index in [-0.39, 0.29) is 16.4 Å². The summed E-state index contributed by atoms with van der Waals surface area (Å²) in [5, 5.41) is 2.44. The van der Waals surface area contributed by atoms with Crippen molar-refractivity contribution in [1.29, 1.82) is 0 Å². The summed E-state index contributed by atoms with van der Waals surface area (Å²) < 4.78 is 39.1. The van der Waals surface area contributed by atoms with Gasteiger partial charge in [0, 0.05) is 19.7 Å². The van der Waals surface area contributed by atoms with Crippen molar-refractivity contribution in [3.05, 3.63) is 59.9 Å². The van der Waals surface area contributed by atoms with E-state index in [1.54, 1.807) is 0 Å². The Morgan fingerprint density at radius 1 is 1.14 bits per heavy atom. The van der Waals surface area contributed by atoms with E-state index in [0.717, 1.165) is 4.31 Å². The number of nitrogens with zero attached hydrogens (tertiary/aromatic N) is 1. The Bertz CT molecular complexity index is 789. The first kappa shape index (κ1) is 16.0. The normalized spacial score (nSPS) is 11.0. The molecule has 0 atom stereocenters. The molecule has 0 aliphatic rings. The van der Waals surface area contributed by atoms with Gasteiger partial charge in [-0.05, 0) is 42.5 Å². The average molecular weight is 322 g/mol. The Balaban J connectivity index is 2.41. The zero-order valence-corrected chi connectivity index (χ0v) is 12.9. The van der Waals surface area contributed by atoms with Crippen molar-refractivity contribution in [2.45, 2.75) is 4.90 Å². The fraction of sp³-hybridized carbons (Fsp3) is 0.133. The largest absolute Gasteiger partial charge is 0.355 e. The van der Waals surface area contributed by atoms with Crippen molar-refractivity contribution in [1.82, 2.24) is 5.32 Å². The van der Waals surface area contributed by atoms with E-state index >= 15 is 0 Å². The molecule has 0 radical (unpaired) electrons. The maximum absolute atomic E-state index is 12.9. The Morgan fingerprint density at radius 3 is 2.36 bits per heavy atom. The van der Waals surface area contributed by atoms with Crippen LogP contribution in [0.1, 0.15) is 10.4 Å². The number of nitrogens with one attached hydrogen (secondary N) is 1. The molecule has 0 bridgehead atoms. The summed E-state index contributed by atoms with van der Waals surface area (Å²) in [5.41, 5.74) is 0.572. The molecule has 0 heterocycles. The first-order chi connectivity index (χ1) is 10.4. The van der Waals surface area contributed by atoms with Crippen LogP contribution in [-0.4, -0.2) is 28.4 Å². The van der Waals surface area contributed by atoms with Crippen LogP contribution in [-0.2, 0) is 10.0 Å². The summed E-state index contributed by atoms with van der Waals surface area (Å²) in [6, 6.07) is 10.8. The maximum atomic E-state index is 12.9. The van der Waals surface area contributed by atoms with Gasteiger partial charge in [-0.3, -0.25) is 9.10 Å². The number of benzene rings is 2. The van der Waals surface area contributed by atoms with Crippen molar-refractivity contribution >= 4 is 21.6 Å². The van der Waals surface area contributed by atoms with E-state index in [2.05, 4.69) is 5.32 Å². The smallest absolute Gasteiger partial charge is 0.264 e. The molecule has 116 valence electrons. The molecule has 0 unspecified atom stereocenters. The molecule has 0 aromatic heterocycles. The topological polar surface area (TPSA) is 66.5 Å². The number of anilines is 1. The highest BCUT2D eigenvalue weighted by Crippen LogP contribution is 2.22. The number of hydrogen-bond donors (Lipinski definition) is 1. The van der Waals surface area contributed by atoms with Crippen molar-refractivity contribution < 1.29 is 17.6 Å². The van der Waals surface area contributed by atoms with Crippen LogP contribution in [0.4, 0.5) is 10.1 Å². The molecule has 0 fully saturated rings. The molecule has 2 aromatic carbocycles. The molecule has 2 aromatic rings. The van der Waals surface area contributed by atoms with Crippen molar-refractivity contribution in [2.24, 2.45) is 0 Å². The van der Waals surface area contributed by atoms with Crippen molar-refractivity contribution in [3.63, 3.8) is 0 Å². The van der Waals surface area contributed by atoms with Gasteiger partial charge in [0.05, 0.1) is 10.6 Å². The lowest BCUT2D eigenvalue weighted by atomic mass is 10.2. The number of halogens is 1. The number of carbonyl (C=O) groups excluding carboxylic acids is 1. The highest BCUT2D eigenvalue weighted by molar-refractivity contribution is 7.92. The maximum Gasteiger partial charge on any atom is 0.264 e. The van der Waals surface area contributed by atoms with Gasteiger partial charge in [0.15, 0.2) is 0 Å². The van der Waals surface area contributed by atoms with Crippen LogP contribution in [0.15, 0.2) is 53.4 Å². The van der Waals surface area contributed by atoms with E-state index in [1.165, 1.54) is 62.6 Å². The lowest BCUT2D eigenvalue weighted by Crippen LogP contribution is -2.27. The summed E-state index contributed by atoms with van der Waals surface area (Å²) in [7, 11) is -1.00. The lowest BCUT2D eigenvalue weighted by molar-refractivity contribution is 0.0963. The molecule has 22 heavy (non-hydrogen) atoms. The highest BCUT2D eigenvalue weighted by atomic mass is 32.2. The van der Waals surface area contributed by atoms with Gasteiger partial charge in [-0.15, -0.1) is 0 Å². The summed E-state index contributed by atoms with van der Waals surface area (Å²) in [6.07, 6.45) is 0. The molecular formula is C15H15FN2O3S. The average Bonchev–Trinajstić information content (AvgIpc) is 2.54. The van der Waals surface area contributed by atoms with Gasteiger partial charge in [0.25, 0.3) is 15.9 Å². The molecular weight excluding hydrogens is 307 g/mol. The first-order valence-corrected chi connectivity index (χ1v) is 7.87. The van der Waals surface area contributed by atoms with Crippen LogP contribution in [0.5, 0.6) is 0 Å². The van der Waals surface area contributed by atoms with Crippen molar-refractivity contribution in [2.75, 3.05) is 18.4 Å². The van der Waals surface area contributed by atoms with Crippen LogP contribution >= 0.6 is 0 Å². The van der Waals surface area contributed by atoms with Crippen LogP contribution in [0, 0.1) is 5.82 Å². The van der Waals surface area contributed by atoms with E-state index < -0.39 is 15.8 Å². The molecule has 2 rings (SSSR count). The van der Waals surface area contributed by atoms with Gasteiger partial charge in [-0.25, -0.2) is 12.8 Å². The van der Waals surface area contributed by atoms with Gasteiger partial charge >= 0.3 is 0 Å². The second-order valence-corrected chi connectivity index (χ2v) is 6.53. The minimum Gasteiger partial charge on any atom is -0.355 e. The minimum absolute atomic E-state index is 0.0135. The monoisotopic (exact) mass is 322 g/mol.